The Morgan fingerprint density at radius 3 is 2.91 bits per heavy atom. The van der Waals surface area contributed by atoms with Crippen LogP contribution in [0.5, 0.6) is 0 Å². The average Bonchev–Trinajstić information content (AvgIpc) is 3.23. The second-order valence-corrected chi connectivity index (χ2v) is 6.78. The van der Waals surface area contributed by atoms with E-state index < -0.39 is 0 Å². The van der Waals surface area contributed by atoms with Crippen LogP contribution < -0.4 is 5.32 Å². The van der Waals surface area contributed by atoms with Crippen molar-refractivity contribution in [3.63, 3.8) is 0 Å². The summed E-state index contributed by atoms with van der Waals surface area (Å²) in [4.78, 5) is 2.52. The van der Waals surface area contributed by atoms with Gasteiger partial charge in [-0.2, -0.15) is 11.3 Å². The van der Waals surface area contributed by atoms with Gasteiger partial charge in [0.2, 0.25) is 0 Å². The van der Waals surface area contributed by atoms with Crippen LogP contribution in [0.1, 0.15) is 23.7 Å². The van der Waals surface area contributed by atoms with Crippen molar-refractivity contribution in [1.82, 2.24) is 10.2 Å². The van der Waals surface area contributed by atoms with Crippen molar-refractivity contribution in [2.45, 2.75) is 25.0 Å². The molecular weight excluding hydrogens is 292 g/mol. The van der Waals surface area contributed by atoms with E-state index in [0.717, 1.165) is 31.6 Å². The van der Waals surface area contributed by atoms with E-state index in [4.69, 9.17) is 0 Å². The molecule has 1 aliphatic heterocycles. The van der Waals surface area contributed by atoms with Crippen molar-refractivity contribution >= 4 is 11.3 Å². The second-order valence-electron chi connectivity index (χ2n) is 6.00. The molecule has 1 fully saturated rings. The number of aliphatic hydroxyl groups excluding tert-OH is 1. The molecule has 1 saturated heterocycles. The van der Waals surface area contributed by atoms with E-state index in [1.165, 1.54) is 12.0 Å². The highest BCUT2D eigenvalue weighted by Gasteiger charge is 2.22. The highest BCUT2D eigenvalue weighted by molar-refractivity contribution is 7.07. The zero-order valence-corrected chi connectivity index (χ0v) is 13.6. The summed E-state index contributed by atoms with van der Waals surface area (Å²) >= 11 is 1.63. The molecule has 1 aliphatic rings. The zero-order valence-electron chi connectivity index (χ0n) is 12.8. The molecule has 2 unspecified atom stereocenters. The van der Waals surface area contributed by atoms with E-state index in [1.807, 2.05) is 16.8 Å². The van der Waals surface area contributed by atoms with Crippen molar-refractivity contribution in [2.24, 2.45) is 0 Å². The molecule has 0 bridgehead atoms. The van der Waals surface area contributed by atoms with Crippen molar-refractivity contribution in [1.29, 1.82) is 0 Å². The summed E-state index contributed by atoms with van der Waals surface area (Å²) in [6, 6.07) is 13.2. The largest absolute Gasteiger partial charge is 0.387 e. The lowest BCUT2D eigenvalue weighted by Gasteiger charge is -2.18. The van der Waals surface area contributed by atoms with Gasteiger partial charge in [0.05, 0.1) is 6.10 Å². The molecule has 118 valence electrons. The van der Waals surface area contributed by atoms with Crippen LogP contribution in [0.4, 0.5) is 0 Å². The smallest absolute Gasteiger partial charge is 0.0922 e. The maximum atomic E-state index is 10.1. The average molecular weight is 316 g/mol. The van der Waals surface area contributed by atoms with Gasteiger partial charge in [0, 0.05) is 25.7 Å². The SMILES string of the molecule is OC(CNC1CCN(CCc2ccccc2)C1)c1ccsc1. The lowest BCUT2D eigenvalue weighted by Crippen LogP contribution is -2.35. The molecule has 1 aromatic heterocycles. The summed E-state index contributed by atoms with van der Waals surface area (Å²) < 4.78 is 0. The van der Waals surface area contributed by atoms with Gasteiger partial charge in [-0.3, -0.25) is 0 Å². The first kappa shape index (κ1) is 15.7. The fourth-order valence-corrected chi connectivity index (χ4v) is 3.70. The Morgan fingerprint density at radius 2 is 2.14 bits per heavy atom. The summed E-state index contributed by atoms with van der Waals surface area (Å²) in [7, 11) is 0. The molecule has 2 N–H and O–H groups in total. The van der Waals surface area contributed by atoms with Gasteiger partial charge in [-0.15, -0.1) is 0 Å². The molecular formula is C18H24N2OS. The minimum absolute atomic E-state index is 0.385. The number of hydrogen-bond acceptors (Lipinski definition) is 4. The minimum Gasteiger partial charge on any atom is -0.387 e. The number of aliphatic hydroxyl groups is 1. The number of nitrogens with zero attached hydrogens (tertiary/aromatic N) is 1. The van der Waals surface area contributed by atoms with Gasteiger partial charge in [-0.1, -0.05) is 30.3 Å². The molecule has 22 heavy (non-hydrogen) atoms. The van der Waals surface area contributed by atoms with E-state index in [-0.39, 0.29) is 6.10 Å². The Labute approximate surface area is 136 Å². The van der Waals surface area contributed by atoms with Gasteiger partial charge >= 0.3 is 0 Å². The summed E-state index contributed by atoms with van der Waals surface area (Å²) in [6.45, 7) is 4.01. The molecule has 1 aromatic carbocycles. The Morgan fingerprint density at radius 1 is 1.27 bits per heavy atom. The van der Waals surface area contributed by atoms with Crippen molar-refractivity contribution in [2.75, 3.05) is 26.2 Å². The lowest BCUT2D eigenvalue weighted by molar-refractivity contribution is 0.170. The number of rotatable bonds is 7. The van der Waals surface area contributed by atoms with Crippen LogP contribution in [0.15, 0.2) is 47.2 Å². The van der Waals surface area contributed by atoms with Gasteiger partial charge in [0.1, 0.15) is 0 Å². The Kier molecular flexibility index (Phi) is 5.62. The molecule has 0 spiro atoms. The van der Waals surface area contributed by atoms with Crippen LogP contribution in [0.2, 0.25) is 0 Å². The molecule has 2 atom stereocenters. The normalized spacial score (nSPS) is 20.3. The van der Waals surface area contributed by atoms with E-state index in [2.05, 4.69) is 40.5 Å². The van der Waals surface area contributed by atoms with Crippen LogP contribution >= 0.6 is 11.3 Å². The quantitative estimate of drug-likeness (QED) is 0.824. The lowest BCUT2D eigenvalue weighted by atomic mass is 10.1. The Bertz CT molecular complexity index is 543. The predicted molar refractivity (Wildman–Crippen MR) is 92.3 cm³/mol. The fraction of sp³-hybridized carbons (Fsp3) is 0.444. The highest BCUT2D eigenvalue weighted by Crippen LogP contribution is 2.16. The highest BCUT2D eigenvalue weighted by atomic mass is 32.1. The minimum atomic E-state index is -0.385. The first-order valence-corrected chi connectivity index (χ1v) is 8.95. The van der Waals surface area contributed by atoms with Crippen molar-refractivity contribution in [3.8, 4) is 0 Å². The van der Waals surface area contributed by atoms with Crippen LogP contribution in [0.25, 0.3) is 0 Å². The third-order valence-corrected chi connectivity index (χ3v) is 5.06. The Hall–Kier alpha value is -1.20. The van der Waals surface area contributed by atoms with E-state index in [0.29, 0.717) is 12.6 Å². The van der Waals surface area contributed by atoms with E-state index in [1.54, 1.807) is 11.3 Å². The van der Waals surface area contributed by atoms with Crippen molar-refractivity contribution < 1.29 is 5.11 Å². The third-order valence-electron chi connectivity index (χ3n) is 4.36. The maximum Gasteiger partial charge on any atom is 0.0922 e. The number of thiophene rings is 1. The second kappa shape index (κ2) is 7.88. The summed E-state index contributed by atoms with van der Waals surface area (Å²) in [5, 5.41) is 17.7. The van der Waals surface area contributed by atoms with Gasteiger partial charge in [0.15, 0.2) is 0 Å². The number of likely N-dealkylation sites (tertiary alicyclic amines) is 1. The summed E-state index contributed by atoms with van der Waals surface area (Å²) in [5.41, 5.74) is 2.43. The number of nitrogens with one attached hydrogen (secondary N) is 1. The monoisotopic (exact) mass is 316 g/mol. The van der Waals surface area contributed by atoms with Crippen LogP contribution in [0, 0.1) is 0 Å². The van der Waals surface area contributed by atoms with E-state index in [9.17, 15) is 5.11 Å². The van der Waals surface area contributed by atoms with Gasteiger partial charge in [-0.05, 0) is 47.3 Å². The molecule has 2 heterocycles. The molecule has 0 aliphatic carbocycles. The first-order chi connectivity index (χ1) is 10.8. The number of hydrogen-bond donors (Lipinski definition) is 2. The summed E-state index contributed by atoms with van der Waals surface area (Å²) in [5.74, 6) is 0. The molecule has 0 amide bonds. The Balaban J connectivity index is 1.37. The van der Waals surface area contributed by atoms with E-state index >= 15 is 0 Å². The van der Waals surface area contributed by atoms with Gasteiger partial charge < -0.3 is 15.3 Å². The molecule has 0 saturated carbocycles. The van der Waals surface area contributed by atoms with Crippen LogP contribution in [-0.2, 0) is 6.42 Å². The molecule has 3 rings (SSSR count). The van der Waals surface area contributed by atoms with Crippen molar-refractivity contribution in [3.05, 3.63) is 58.3 Å². The number of benzene rings is 1. The third kappa shape index (κ3) is 4.40. The van der Waals surface area contributed by atoms with Crippen LogP contribution in [0.3, 0.4) is 0 Å². The first-order valence-electron chi connectivity index (χ1n) is 8.01. The van der Waals surface area contributed by atoms with Gasteiger partial charge in [0.25, 0.3) is 0 Å². The fourth-order valence-electron chi connectivity index (χ4n) is 3.00. The predicted octanol–water partition coefficient (Wildman–Crippen LogP) is 2.69. The standard InChI is InChI=1S/C18H24N2OS/c21-18(16-8-11-22-14-16)12-19-17-7-10-20(13-17)9-6-15-4-2-1-3-5-15/h1-5,8,11,14,17-19,21H,6-7,9-10,12-13H2. The molecule has 3 nitrogen and oxygen atoms in total. The molecule has 4 heteroatoms. The van der Waals surface area contributed by atoms with Gasteiger partial charge in [-0.25, -0.2) is 0 Å². The maximum absolute atomic E-state index is 10.1. The molecule has 2 aromatic rings. The topological polar surface area (TPSA) is 35.5 Å². The molecule has 0 radical (unpaired) electrons. The summed E-state index contributed by atoms with van der Waals surface area (Å²) in [6.07, 6.45) is 1.90. The zero-order chi connectivity index (χ0) is 15.2. The van der Waals surface area contributed by atoms with Crippen LogP contribution in [-0.4, -0.2) is 42.2 Å².